The van der Waals surface area contributed by atoms with E-state index in [9.17, 15) is 0 Å². The van der Waals surface area contributed by atoms with Crippen LogP contribution in [0.25, 0.3) is 0 Å². The van der Waals surface area contributed by atoms with Gasteiger partial charge in [0, 0.05) is 0 Å². The molecule has 0 aliphatic carbocycles. The fraction of sp³-hybridized carbons (Fsp3) is 0.500. The van der Waals surface area contributed by atoms with Gasteiger partial charge in [-0.3, -0.25) is 0 Å². The Kier molecular flexibility index (Phi) is 2.47. The van der Waals surface area contributed by atoms with Gasteiger partial charge in [-0.2, -0.15) is 0 Å². The summed E-state index contributed by atoms with van der Waals surface area (Å²) < 4.78 is 4.94. The number of nitrogens with two attached hydrogens (primary N) is 1. The third-order valence-electron chi connectivity index (χ3n) is 1.57. The molecule has 0 aliphatic rings. The normalized spacial score (nSPS) is 10.3. The average Bonchev–Trinajstić information content (AvgIpc) is 2.05. The standard InChI is InChI=1S/C8H13N3O/c1-5(2)6-4-10-7(9)8(11-6)12-3/h4-5H,1-3H3,(H2,9,10). The molecule has 0 fully saturated rings. The van der Waals surface area contributed by atoms with Crippen LogP contribution in [0.3, 0.4) is 0 Å². The second kappa shape index (κ2) is 3.38. The van der Waals surface area contributed by atoms with Crippen molar-refractivity contribution in [1.82, 2.24) is 9.97 Å². The molecular weight excluding hydrogens is 154 g/mol. The Balaban J connectivity index is 3.05. The largest absolute Gasteiger partial charge is 0.478 e. The predicted molar refractivity (Wildman–Crippen MR) is 47.1 cm³/mol. The predicted octanol–water partition coefficient (Wildman–Crippen LogP) is 1.19. The monoisotopic (exact) mass is 167 g/mol. The van der Waals surface area contributed by atoms with Gasteiger partial charge in [0.05, 0.1) is 19.0 Å². The maximum atomic E-state index is 5.50. The fourth-order valence-corrected chi connectivity index (χ4v) is 0.823. The number of ether oxygens (including phenoxy) is 1. The van der Waals surface area contributed by atoms with Crippen molar-refractivity contribution < 1.29 is 4.74 Å². The van der Waals surface area contributed by atoms with Crippen molar-refractivity contribution in [2.75, 3.05) is 12.8 Å². The summed E-state index contributed by atoms with van der Waals surface area (Å²) in [5.41, 5.74) is 6.39. The molecule has 0 aromatic carbocycles. The highest BCUT2D eigenvalue weighted by atomic mass is 16.5. The second-order valence-electron chi connectivity index (χ2n) is 2.84. The molecule has 1 aromatic heterocycles. The van der Waals surface area contributed by atoms with E-state index in [0.717, 1.165) is 5.69 Å². The van der Waals surface area contributed by atoms with E-state index in [-0.39, 0.29) is 0 Å². The lowest BCUT2D eigenvalue weighted by Gasteiger charge is -2.06. The van der Waals surface area contributed by atoms with Gasteiger partial charge in [-0.1, -0.05) is 13.8 Å². The number of methoxy groups -OCH3 is 1. The van der Waals surface area contributed by atoms with Crippen LogP contribution in [-0.2, 0) is 0 Å². The maximum absolute atomic E-state index is 5.50. The summed E-state index contributed by atoms with van der Waals surface area (Å²) in [5, 5.41) is 0. The lowest BCUT2D eigenvalue weighted by atomic mass is 10.1. The van der Waals surface area contributed by atoms with E-state index >= 15 is 0 Å². The van der Waals surface area contributed by atoms with Gasteiger partial charge in [0.25, 0.3) is 5.88 Å². The number of anilines is 1. The van der Waals surface area contributed by atoms with Gasteiger partial charge in [-0.15, -0.1) is 0 Å². The number of hydrogen-bond donors (Lipinski definition) is 1. The number of aromatic nitrogens is 2. The highest BCUT2D eigenvalue weighted by Crippen LogP contribution is 2.18. The van der Waals surface area contributed by atoms with Crippen LogP contribution in [0.5, 0.6) is 5.88 Å². The number of rotatable bonds is 2. The van der Waals surface area contributed by atoms with Gasteiger partial charge in [-0.05, 0) is 5.92 Å². The molecular formula is C8H13N3O. The van der Waals surface area contributed by atoms with E-state index in [2.05, 4.69) is 9.97 Å². The van der Waals surface area contributed by atoms with Crippen molar-refractivity contribution in [3.8, 4) is 5.88 Å². The van der Waals surface area contributed by atoms with Crippen molar-refractivity contribution in [2.45, 2.75) is 19.8 Å². The van der Waals surface area contributed by atoms with E-state index in [0.29, 0.717) is 17.6 Å². The molecule has 66 valence electrons. The Hall–Kier alpha value is -1.32. The van der Waals surface area contributed by atoms with E-state index in [1.165, 1.54) is 7.11 Å². The van der Waals surface area contributed by atoms with Gasteiger partial charge >= 0.3 is 0 Å². The van der Waals surface area contributed by atoms with Crippen molar-refractivity contribution in [3.05, 3.63) is 11.9 Å². The summed E-state index contributed by atoms with van der Waals surface area (Å²) in [4.78, 5) is 8.14. The minimum atomic E-state index is 0.335. The smallest absolute Gasteiger partial charge is 0.257 e. The summed E-state index contributed by atoms with van der Waals surface area (Å²) in [6.07, 6.45) is 1.67. The summed E-state index contributed by atoms with van der Waals surface area (Å²) >= 11 is 0. The summed E-state index contributed by atoms with van der Waals surface area (Å²) in [5.74, 6) is 1.08. The average molecular weight is 167 g/mol. The topological polar surface area (TPSA) is 61.0 Å². The highest BCUT2D eigenvalue weighted by Gasteiger charge is 2.06. The summed E-state index contributed by atoms with van der Waals surface area (Å²) in [7, 11) is 1.53. The molecule has 1 rings (SSSR count). The molecule has 12 heavy (non-hydrogen) atoms. The Morgan fingerprint density at radius 3 is 2.67 bits per heavy atom. The summed E-state index contributed by atoms with van der Waals surface area (Å²) in [6.45, 7) is 4.08. The summed E-state index contributed by atoms with van der Waals surface area (Å²) in [6, 6.07) is 0. The van der Waals surface area contributed by atoms with E-state index in [1.54, 1.807) is 6.20 Å². The van der Waals surface area contributed by atoms with Crippen LogP contribution < -0.4 is 10.5 Å². The molecule has 0 aliphatic heterocycles. The van der Waals surface area contributed by atoms with E-state index < -0.39 is 0 Å². The zero-order valence-electron chi connectivity index (χ0n) is 7.53. The Morgan fingerprint density at radius 2 is 2.17 bits per heavy atom. The third kappa shape index (κ3) is 1.64. The van der Waals surface area contributed by atoms with Gasteiger partial charge in [0.15, 0.2) is 5.82 Å². The molecule has 1 heterocycles. The van der Waals surface area contributed by atoms with Crippen molar-refractivity contribution in [1.29, 1.82) is 0 Å². The van der Waals surface area contributed by atoms with Crippen LogP contribution in [-0.4, -0.2) is 17.1 Å². The second-order valence-corrected chi connectivity index (χ2v) is 2.84. The molecule has 0 radical (unpaired) electrons. The molecule has 2 N–H and O–H groups in total. The molecule has 4 heteroatoms. The van der Waals surface area contributed by atoms with Crippen LogP contribution in [0.15, 0.2) is 6.20 Å². The Bertz CT molecular complexity index is 273. The molecule has 0 atom stereocenters. The van der Waals surface area contributed by atoms with Gasteiger partial charge in [0.1, 0.15) is 0 Å². The van der Waals surface area contributed by atoms with Gasteiger partial charge in [-0.25, -0.2) is 9.97 Å². The van der Waals surface area contributed by atoms with Crippen molar-refractivity contribution in [2.24, 2.45) is 0 Å². The Labute approximate surface area is 71.8 Å². The lowest BCUT2D eigenvalue weighted by Crippen LogP contribution is -2.02. The first-order valence-electron chi connectivity index (χ1n) is 3.81. The van der Waals surface area contributed by atoms with Crippen LogP contribution >= 0.6 is 0 Å². The van der Waals surface area contributed by atoms with Crippen LogP contribution in [0.1, 0.15) is 25.5 Å². The molecule has 4 nitrogen and oxygen atoms in total. The van der Waals surface area contributed by atoms with Crippen LogP contribution in [0.4, 0.5) is 5.82 Å². The van der Waals surface area contributed by atoms with Crippen molar-refractivity contribution in [3.63, 3.8) is 0 Å². The zero-order valence-corrected chi connectivity index (χ0v) is 7.53. The molecule has 0 bridgehead atoms. The maximum Gasteiger partial charge on any atom is 0.257 e. The molecule has 0 saturated heterocycles. The fourth-order valence-electron chi connectivity index (χ4n) is 0.823. The number of hydrogen-bond acceptors (Lipinski definition) is 4. The first-order chi connectivity index (χ1) is 5.65. The minimum Gasteiger partial charge on any atom is -0.478 e. The van der Waals surface area contributed by atoms with Crippen LogP contribution in [0, 0.1) is 0 Å². The van der Waals surface area contributed by atoms with Crippen molar-refractivity contribution >= 4 is 5.82 Å². The third-order valence-corrected chi connectivity index (χ3v) is 1.57. The molecule has 1 aromatic rings. The van der Waals surface area contributed by atoms with E-state index in [1.807, 2.05) is 13.8 Å². The van der Waals surface area contributed by atoms with Crippen LogP contribution in [0.2, 0.25) is 0 Å². The SMILES string of the molecule is COc1nc(C(C)C)cnc1N. The van der Waals surface area contributed by atoms with Gasteiger partial charge < -0.3 is 10.5 Å². The zero-order chi connectivity index (χ0) is 9.14. The number of nitrogens with zero attached hydrogens (tertiary/aromatic N) is 2. The minimum absolute atomic E-state index is 0.335. The first kappa shape index (κ1) is 8.77. The molecule has 0 amide bonds. The first-order valence-corrected chi connectivity index (χ1v) is 3.81. The Morgan fingerprint density at radius 1 is 1.50 bits per heavy atom. The highest BCUT2D eigenvalue weighted by molar-refractivity contribution is 5.40. The quantitative estimate of drug-likeness (QED) is 0.718. The molecule has 0 spiro atoms. The molecule has 0 saturated carbocycles. The van der Waals surface area contributed by atoms with E-state index in [4.69, 9.17) is 10.5 Å². The number of nitrogen functional groups attached to an aromatic ring is 1. The van der Waals surface area contributed by atoms with Gasteiger partial charge in [0.2, 0.25) is 0 Å². The molecule has 0 unspecified atom stereocenters. The lowest BCUT2D eigenvalue weighted by molar-refractivity contribution is 0.396.